The van der Waals surface area contributed by atoms with Crippen LogP contribution in [-0.4, -0.2) is 26.3 Å². The zero-order valence-corrected chi connectivity index (χ0v) is 9.91. The number of hydrogen-bond acceptors (Lipinski definition) is 1. The van der Waals surface area contributed by atoms with Gasteiger partial charge in [0, 0.05) is 18.6 Å². The van der Waals surface area contributed by atoms with Crippen LogP contribution in [0.15, 0.2) is 30.3 Å². The topological polar surface area (TPSA) is 25.8 Å². The van der Waals surface area contributed by atoms with Crippen LogP contribution in [0.25, 0.3) is 0 Å². The lowest BCUT2D eigenvalue weighted by Gasteiger charge is -1.98. The Hall–Kier alpha value is -1.30. The summed E-state index contributed by atoms with van der Waals surface area (Å²) < 4.78 is 5.25. The SMILES string of the molecule is CCOCCC[NH2+]CC#Cc1ccccc1. The Morgan fingerprint density at radius 1 is 1.25 bits per heavy atom. The molecule has 0 aromatic heterocycles. The van der Waals surface area contributed by atoms with E-state index in [4.69, 9.17) is 4.74 Å². The van der Waals surface area contributed by atoms with Gasteiger partial charge in [0.1, 0.15) is 6.54 Å². The highest BCUT2D eigenvalue weighted by Gasteiger charge is 1.88. The Morgan fingerprint density at radius 2 is 2.06 bits per heavy atom. The first-order valence-corrected chi connectivity index (χ1v) is 5.87. The first-order chi connectivity index (χ1) is 7.93. The molecular weight excluding hydrogens is 198 g/mol. The van der Waals surface area contributed by atoms with Crippen LogP contribution in [0.1, 0.15) is 18.9 Å². The van der Waals surface area contributed by atoms with E-state index in [0.29, 0.717) is 0 Å². The molecule has 2 N–H and O–H groups in total. The van der Waals surface area contributed by atoms with Gasteiger partial charge in [-0.2, -0.15) is 0 Å². The van der Waals surface area contributed by atoms with Crippen molar-refractivity contribution >= 4 is 0 Å². The predicted octanol–water partition coefficient (Wildman–Crippen LogP) is 1.03. The van der Waals surface area contributed by atoms with Gasteiger partial charge in [0.05, 0.1) is 13.2 Å². The fourth-order valence-electron chi connectivity index (χ4n) is 1.32. The molecule has 0 saturated heterocycles. The van der Waals surface area contributed by atoms with E-state index < -0.39 is 0 Å². The van der Waals surface area contributed by atoms with E-state index in [1.54, 1.807) is 0 Å². The lowest BCUT2D eigenvalue weighted by molar-refractivity contribution is -0.644. The Bertz CT molecular complexity index is 324. The molecular formula is C14H20NO+. The molecule has 1 aromatic carbocycles. The van der Waals surface area contributed by atoms with Gasteiger partial charge in [-0.05, 0) is 25.0 Å². The third-order valence-electron chi connectivity index (χ3n) is 2.15. The van der Waals surface area contributed by atoms with Crippen LogP contribution in [0.2, 0.25) is 0 Å². The van der Waals surface area contributed by atoms with Crippen LogP contribution in [0, 0.1) is 11.8 Å². The van der Waals surface area contributed by atoms with Crippen LogP contribution in [0.5, 0.6) is 0 Å². The van der Waals surface area contributed by atoms with Gasteiger partial charge in [0.15, 0.2) is 0 Å². The van der Waals surface area contributed by atoms with E-state index >= 15 is 0 Å². The summed E-state index contributed by atoms with van der Waals surface area (Å²) in [4.78, 5) is 0. The second-order valence-corrected chi connectivity index (χ2v) is 3.50. The second-order valence-electron chi connectivity index (χ2n) is 3.50. The van der Waals surface area contributed by atoms with E-state index in [1.807, 2.05) is 37.3 Å². The lowest BCUT2D eigenvalue weighted by Crippen LogP contribution is -2.84. The molecule has 0 aliphatic heterocycles. The van der Waals surface area contributed by atoms with Gasteiger partial charge in [-0.15, -0.1) is 0 Å². The Morgan fingerprint density at radius 3 is 2.81 bits per heavy atom. The van der Waals surface area contributed by atoms with Crippen LogP contribution in [-0.2, 0) is 4.74 Å². The molecule has 2 heteroatoms. The molecule has 0 fully saturated rings. The predicted molar refractivity (Wildman–Crippen MR) is 66.1 cm³/mol. The summed E-state index contributed by atoms with van der Waals surface area (Å²) in [5.41, 5.74) is 1.09. The van der Waals surface area contributed by atoms with Crippen molar-refractivity contribution in [3.8, 4) is 11.8 Å². The van der Waals surface area contributed by atoms with Crippen LogP contribution in [0.3, 0.4) is 0 Å². The number of benzene rings is 1. The van der Waals surface area contributed by atoms with Gasteiger partial charge in [0.25, 0.3) is 0 Å². The highest BCUT2D eigenvalue weighted by molar-refractivity contribution is 5.33. The number of nitrogens with two attached hydrogens (primary N) is 1. The summed E-state index contributed by atoms with van der Waals surface area (Å²) in [6.07, 6.45) is 1.10. The minimum absolute atomic E-state index is 0.813. The molecule has 1 rings (SSSR count). The van der Waals surface area contributed by atoms with Crippen molar-refractivity contribution in [3.63, 3.8) is 0 Å². The average molecular weight is 218 g/mol. The Balaban J connectivity index is 2.05. The lowest BCUT2D eigenvalue weighted by atomic mass is 10.2. The molecule has 1 aromatic rings. The molecule has 0 amide bonds. The van der Waals surface area contributed by atoms with Crippen molar-refractivity contribution in [3.05, 3.63) is 35.9 Å². The standard InChI is InChI=1S/C14H19NO/c1-2-16-13-7-12-15-11-6-10-14-8-4-3-5-9-14/h3-5,8-9,15H,2,7,11-13H2,1H3/p+1. The van der Waals surface area contributed by atoms with Crippen LogP contribution >= 0.6 is 0 Å². The molecule has 0 atom stereocenters. The fraction of sp³-hybridized carbons (Fsp3) is 0.429. The van der Waals surface area contributed by atoms with Gasteiger partial charge < -0.3 is 10.1 Å². The van der Waals surface area contributed by atoms with Crippen molar-refractivity contribution in [2.75, 3.05) is 26.3 Å². The van der Waals surface area contributed by atoms with Crippen molar-refractivity contribution in [2.24, 2.45) is 0 Å². The number of rotatable bonds is 6. The molecule has 0 aliphatic rings. The van der Waals surface area contributed by atoms with E-state index in [9.17, 15) is 0 Å². The van der Waals surface area contributed by atoms with E-state index in [2.05, 4.69) is 17.2 Å². The summed E-state index contributed by atoms with van der Waals surface area (Å²) >= 11 is 0. The van der Waals surface area contributed by atoms with Crippen LogP contribution in [0.4, 0.5) is 0 Å². The average Bonchev–Trinajstić information content (AvgIpc) is 2.34. The van der Waals surface area contributed by atoms with Crippen molar-refractivity contribution in [2.45, 2.75) is 13.3 Å². The van der Waals surface area contributed by atoms with Gasteiger partial charge in [-0.25, -0.2) is 0 Å². The summed E-state index contributed by atoms with van der Waals surface area (Å²) in [7, 11) is 0. The third kappa shape index (κ3) is 6.23. The van der Waals surface area contributed by atoms with Crippen molar-refractivity contribution in [1.29, 1.82) is 0 Å². The van der Waals surface area contributed by atoms with Gasteiger partial charge >= 0.3 is 0 Å². The molecule has 2 nitrogen and oxygen atoms in total. The first-order valence-electron chi connectivity index (χ1n) is 5.87. The Kier molecular flexibility index (Phi) is 7.15. The molecule has 0 unspecified atom stereocenters. The maximum atomic E-state index is 5.25. The highest BCUT2D eigenvalue weighted by Crippen LogP contribution is 1.93. The molecule has 0 saturated carbocycles. The van der Waals surface area contributed by atoms with E-state index in [1.165, 1.54) is 0 Å². The minimum Gasteiger partial charge on any atom is -0.382 e. The molecule has 0 spiro atoms. The van der Waals surface area contributed by atoms with Gasteiger partial charge in [-0.1, -0.05) is 24.1 Å². The smallest absolute Gasteiger partial charge is 0.138 e. The van der Waals surface area contributed by atoms with Crippen LogP contribution < -0.4 is 5.32 Å². The van der Waals surface area contributed by atoms with E-state index in [0.717, 1.165) is 38.3 Å². The zero-order chi connectivity index (χ0) is 11.5. The highest BCUT2D eigenvalue weighted by atomic mass is 16.5. The molecule has 86 valence electrons. The molecule has 0 heterocycles. The normalized spacial score (nSPS) is 9.56. The van der Waals surface area contributed by atoms with Crippen molar-refractivity contribution in [1.82, 2.24) is 0 Å². The van der Waals surface area contributed by atoms with Crippen molar-refractivity contribution < 1.29 is 10.1 Å². The summed E-state index contributed by atoms with van der Waals surface area (Å²) in [6, 6.07) is 10.1. The second kappa shape index (κ2) is 8.96. The number of hydrogen-bond donors (Lipinski definition) is 1. The number of quaternary nitrogens is 1. The summed E-state index contributed by atoms with van der Waals surface area (Å²) in [6.45, 7) is 5.65. The maximum absolute atomic E-state index is 5.25. The van der Waals surface area contributed by atoms with Gasteiger partial charge in [0.2, 0.25) is 0 Å². The Labute approximate surface area is 98.0 Å². The number of ether oxygens (including phenoxy) is 1. The third-order valence-corrected chi connectivity index (χ3v) is 2.15. The monoisotopic (exact) mass is 218 g/mol. The molecule has 16 heavy (non-hydrogen) atoms. The summed E-state index contributed by atoms with van der Waals surface area (Å²) in [5.74, 6) is 6.28. The zero-order valence-electron chi connectivity index (χ0n) is 9.91. The maximum Gasteiger partial charge on any atom is 0.138 e. The molecule has 0 bridgehead atoms. The fourth-order valence-corrected chi connectivity index (χ4v) is 1.32. The van der Waals surface area contributed by atoms with E-state index in [-0.39, 0.29) is 0 Å². The molecule has 0 radical (unpaired) electrons. The molecule has 0 aliphatic carbocycles. The largest absolute Gasteiger partial charge is 0.382 e. The summed E-state index contributed by atoms with van der Waals surface area (Å²) in [5, 5.41) is 2.22. The van der Waals surface area contributed by atoms with Gasteiger partial charge in [-0.3, -0.25) is 0 Å². The first kappa shape index (κ1) is 12.8. The minimum atomic E-state index is 0.813. The quantitative estimate of drug-likeness (QED) is 0.560.